The molecule has 1 aliphatic heterocycles. The van der Waals surface area contributed by atoms with E-state index in [0.29, 0.717) is 18.0 Å². The zero-order chi connectivity index (χ0) is 24.0. The van der Waals surface area contributed by atoms with Gasteiger partial charge in [-0.1, -0.05) is 36.4 Å². The van der Waals surface area contributed by atoms with Crippen LogP contribution < -0.4 is 9.64 Å². The van der Waals surface area contributed by atoms with Crippen molar-refractivity contribution in [3.8, 4) is 5.75 Å². The predicted octanol–water partition coefficient (Wildman–Crippen LogP) is 3.27. The first-order valence-corrected chi connectivity index (χ1v) is 10.7. The van der Waals surface area contributed by atoms with Gasteiger partial charge in [0.05, 0.1) is 6.61 Å². The molecule has 1 heterocycles. The van der Waals surface area contributed by atoms with E-state index in [-0.39, 0.29) is 13.2 Å². The number of hydrogen-bond donors (Lipinski definition) is 0. The summed E-state index contributed by atoms with van der Waals surface area (Å²) >= 11 is 0. The molecule has 1 fully saturated rings. The fourth-order valence-electron chi connectivity index (χ4n) is 3.33. The molecular formula is C25H29NO7. The highest BCUT2D eigenvalue weighted by atomic mass is 16.6. The van der Waals surface area contributed by atoms with Crippen LogP contribution in [0, 0.1) is 0 Å². The summed E-state index contributed by atoms with van der Waals surface area (Å²) in [5, 5.41) is 0. The molecule has 2 aromatic carbocycles. The van der Waals surface area contributed by atoms with Gasteiger partial charge in [0.1, 0.15) is 18.0 Å². The zero-order valence-corrected chi connectivity index (χ0v) is 19.3. The topological polar surface area (TPSA) is 91.4 Å². The minimum atomic E-state index is -1.51. The first-order chi connectivity index (χ1) is 15.6. The molecule has 0 bridgehead atoms. The van der Waals surface area contributed by atoms with E-state index >= 15 is 0 Å². The molecule has 3 rings (SSSR count). The molecule has 8 nitrogen and oxygen atoms in total. The molecule has 8 heteroatoms. The molecule has 0 radical (unpaired) electrons. The number of ether oxygens (including phenoxy) is 4. The van der Waals surface area contributed by atoms with Crippen LogP contribution in [0.15, 0.2) is 54.6 Å². The highest BCUT2D eigenvalue weighted by Gasteiger charge is 2.44. The van der Waals surface area contributed by atoms with Crippen LogP contribution in [0.4, 0.5) is 5.69 Å². The minimum Gasteiger partial charge on any atom is -0.489 e. The summed E-state index contributed by atoms with van der Waals surface area (Å²) in [6.45, 7) is 7.04. The van der Waals surface area contributed by atoms with Gasteiger partial charge in [0.15, 0.2) is 6.10 Å². The monoisotopic (exact) mass is 455 g/mol. The molecule has 1 aliphatic rings. The second-order valence-corrected chi connectivity index (χ2v) is 8.62. The first-order valence-electron chi connectivity index (χ1n) is 10.7. The summed E-state index contributed by atoms with van der Waals surface area (Å²) in [5.41, 5.74) is 0.786. The van der Waals surface area contributed by atoms with E-state index in [1.54, 1.807) is 45.0 Å². The fourth-order valence-corrected chi connectivity index (χ4v) is 3.33. The van der Waals surface area contributed by atoms with Crippen molar-refractivity contribution < 1.29 is 33.3 Å². The van der Waals surface area contributed by atoms with Crippen molar-refractivity contribution in [2.24, 2.45) is 0 Å². The van der Waals surface area contributed by atoms with Gasteiger partial charge in [0, 0.05) is 25.2 Å². The lowest BCUT2D eigenvalue weighted by atomic mass is 10.1. The second kappa shape index (κ2) is 10.5. The van der Waals surface area contributed by atoms with E-state index in [9.17, 15) is 14.4 Å². The number of benzene rings is 2. The van der Waals surface area contributed by atoms with E-state index in [4.69, 9.17) is 18.9 Å². The van der Waals surface area contributed by atoms with Crippen molar-refractivity contribution in [2.75, 3.05) is 18.1 Å². The Bertz CT molecular complexity index is 984. The average molecular weight is 456 g/mol. The molecule has 2 aromatic rings. The zero-order valence-electron chi connectivity index (χ0n) is 19.3. The summed E-state index contributed by atoms with van der Waals surface area (Å²) in [5.74, 6) is -1.46. The minimum absolute atomic E-state index is 0.159. The number of morpholine rings is 1. The number of carbonyl (C=O) groups excluding carboxylic acids is 3. The number of esters is 2. The van der Waals surface area contributed by atoms with Gasteiger partial charge in [0.2, 0.25) is 6.10 Å². The van der Waals surface area contributed by atoms with Crippen LogP contribution in [-0.4, -0.2) is 48.8 Å². The van der Waals surface area contributed by atoms with Crippen LogP contribution in [0.2, 0.25) is 0 Å². The van der Waals surface area contributed by atoms with Gasteiger partial charge >= 0.3 is 11.9 Å². The molecular weight excluding hydrogens is 426 g/mol. The van der Waals surface area contributed by atoms with Gasteiger partial charge < -0.3 is 23.8 Å². The van der Waals surface area contributed by atoms with Gasteiger partial charge in [-0.3, -0.25) is 9.59 Å². The van der Waals surface area contributed by atoms with Crippen LogP contribution >= 0.6 is 0 Å². The van der Waals surface area contributed by atoms with Crippen LogP contribution in [0.1, 0.15) is 33.3 Å². The standard InChI is InChI=1S/C25H29NO7/c1-17(27)32-22(24(29)33-25(2,3)4)21-23(28)26(13-14-30-21)19-11-8-12-20(15-19)31-16-18-9-6-5-7-10-18/h5-12,15,21-22H,13-14,16H2,1-4H3/t21-,22-/m1/s1. The summed E-state index contributed by atoms with van der Waals surface area (Å²) in [6, 6.07) is 16.8. The Hall–Kier alpha value is -3.39. The maximum Gasteiger partial charge on any atom is 0.351 e. The molecule has 176 valence electrons. The molecule has 1 saturated heterocycles. The molecule has 0 saturated carbocycles. The van der Waals surface area contributed by atoms with E-state index in [2.05, 4.69) is 0 Å². The highest BCUT2D eigenvalue weighted by molar-refractivity contribution is 6.01. The van der Waals surface area contributed by atoms with Gasteiger partial charge in [-0.15, -0.1) is 0 Å². The summed E-state index contributed by atoms with van der Waals surface area (Å²) < 4.78 is 21.9. The van der Waals surface area contributed by atoms with Gasteiger partial charge in [-0.25, -0.2) is 4.79 Å². The normalized spacial score (nSPS) is 17.3. The number of carbonyl (C=O) groups is 3. The number of hydrogen-bond acceptors (Lipinski definition) is 7. The molecule has 0 unspecified atom stereocenters. The fraction of sp³-hybridized carbons (Fsp3) is 0.400. The summed E-state index contributed by atoms with van der Waals surface area (Å²) in [6.07, 6.45) is -2.82. The SMILES string of the molecule is CC(=O)O[C@@H](C(=O)OC(C)(C)C)[C@H]1OCCN(c2cccc(OCc3ccccc3)c2)C1=O. The summed E-state index contributed by atoms with van der Waals surface area (Å²) in [4.78, 5) is 39.1. The third-order valence-electron chi connectivity index (χ3n) is 4.71. The lowest BCUT2D eigenvalue weighted by molar-refractivity contribution is -0.188. The maximum absolute atomic E-state index is 13.3. The van der Waals surface area contributed by atoms with E-state index in [0.717, 1.165) is 12.5 Å². The third kappa shape index (κ3) is 6.79. The Kier molecular flexibility index (Phi) is 7.71. The summed E-state index contributed by atoms with van der Waals surface area (Å²) in [7, 11) is 0. The second-order valence-electron chi connectivity index (χ2n) is 8.62. The van der Waals surface area contributed by atoms with Crippen LogP contribution in [0.5, 0.6) is 5.75 Å². The van der Waals surface area contributed by atoms with E-state index < -0.39 is 35.7 Å². The Balaban J connectivity index is 1.77. The molecule has 0 aliphatic carbocycles. The molecule has 0 aromatic heterocycles. The lowest BCUT2D eigenvalue weighted by Gasteiger charge is -2.35. The van der Waals surface area contributed by atoms with Crippen molar-refractivity contribution >= 4 is 23.5 Å². The Labute approximate surface area is 193 Å². The molecule has 33 heavy (non-hydrogen) atoms. The van der Waals surface area contributed by atoms with Crippen molar-refractivity contribution in [3.63, 3.8) is 0 Å². The van der Waals surface area contributed by atoms with E-state index in [1.807, 2.05) is 30.3 Å². The van der Waals surface area contributed by atoms with Gasteiger partial charge in [-0.05, 0) is 38.5 Å². The first kappa shape index (κ1) is 24.3. The van der Waals surface area contributed by atoms with Gasteiger partial charge in [-0.2, -0.15) is 0 Å². The van der Waals surface area contributed by atoms with Crippen molar-refractivity contribution in [1.82, 2.24) is 0 Å². The highest BCUT2D eigenvalue weighted by Crippen LogP contribution is 2.26. The Morgan fingerprint density at radius 1 is 1.12 bits per heavy atom. The maximum atomic E-state index is 13.3. The smallest absolute Gasteiger partial charge is 0.351 e. The number of anilines is 1. The van der Waals surface area contributed by atoms with E-state index in [1.165, 1.54) is 4.90 Å². The molecule has 0 spiro atoms. The lowest BCUT2D eigenvalue weighted by Crippen LogP contribution is -2.56. The van der Waals surface area contributed by atoms with Crippen molar-refractivity contribution in [3.05, 3.63) is 60.2 Å². The van der Waals surface area contributed by atoms with Gasteiger partial charge in [0.25, 0.3) is 5.91 Å². The van der Waals surface area contributed by atoms with Crippen molar-refractivity contribution in [1.29, 1.82) is 0 Å². The molecule has 2 atom stereocenters. The Morgan fingerprint density at radius 2 is 1.85 bits per heavy atom. The number of rotatable bonds is 7. The average Bonchev–Trinajstić information content (AvgIpc) is 2.76. The molecule has 1 amide bonds. The van der Waals surface area contributed by atoms with Crippen molar-refractivity contribution in [2.45, 2.75) is 52.1 Å². The third-order valence-corrected chi connectivity index (χ3v) is 4.71. The molecule has 0 N–H and O–H groups in total. The quantitative estimate of drug-likeness (QED) is 0.592. The van der Waals surface area contributed by atoms with Crippen LogP contribution in [0.25, 0.3) is 0 Å². The Morgan fingerprint density at radius 3 is 2.52 bits per heavy atom. The van der Waals surface area contributed by atoms with Crippen LogP contribution in [-0.2, 0) is 35.2 Å². The van der Waals surface area contributed by atoms with Crippen LogP contribution in [0.3, 0.4) is 0 Å². The number of amides is 1. The largest absolute Gasteiger partial charge is 0.489 e. The predicted molar refractivity (Wildman–Crippen MR) is 121 cm³/mol. The number of nitrogens with zero attached hydrogens (tertiary/aromatic N) is 1.